The van der Waals surface area contributed by atoms with E-state index < -0.39 is 5.97 Å². The van der Waals surface area contributed by atoms with Crippen molar-refractivity contribution in [2.24, 2.45) is 0 Å². The van der Waals surface area contributed by atoms with E-state index in [2.05, 4.69) is 15.5 Å². The van der Waals surface area contributed by atoms with Gasteiger partial charge >= 0.3 is 5.97 Å². The number of carbonyl (C=O) groups excluding carboxylic acids is 1. The Morgan fingerprint density at radius 3 is 2.79 bits per heavy atom. The van der Waals surface area contributed by atoms with Crippen molar-refractivity contribution in [2.45, 2.75) is 33.2 Å². The highest BCUT2D eigenvalue weighted by atomic mass is 16.5. The molecule has 0 fully saturated rings. The van der Waals surface area contributed by atoms with Gasteiger partial charge in [0.25, 0.3) is 0 Å². The normalized spacial score (nSPS) is 11.0. The van der Waals surface area contributed by atoms with E-state index in [1.165, 1.54) is 7.11 Å². The topological polar surface area (TPSA) is 83.0 Å². The number of carbonyl (C=O) groups is 1. The standard InChI is InChI=1S/C12H16N4O3/c1-7(2)11-10(12(17)18-4)13-15-16(11)6-9-5-8(3)19-14-9/h5,7H,6H2,1-4H3. The van der Waals surface area contributed by atoms with Crippen molar-refractivity contribution >= 4 is 5.97 Å². The number of ether oxygens (including phenoxy) is 1. The second-order valence-electron chi connectivity index (χ2n) is 4.56. The molecule has 0 aliphatic heterocycles. The third-order valence-electron chi connectivity index (χ3n) is 2.69. The number of rotatable bonds is 4. The van der Waals surface area contributed by atoms with E-state index >= 15 is 0 Å². The SMILES string of the molecule is COC(=O)c1nnn(Cc2cc(C)on2)c1C(C)C. The number of aromatic nitrogens is 4. The Morgan fingerprint density at radius 1 is 1.53 bits per heavy atom. The Hall–Kier alpha value is -2.18. The summed E-state index contributed by atoms with van der Waals surface area (Å²) in [5.41, 5.74) is 1.71. The minimum absolute atomic E-state index is 0.0945. The van der Waals surface area contributed by atoms with Gasteiger partial charge in [-0.15, -0.1) is 5.10 Å². The zero-order valence-corrected chi connectivity index (χ0v) is 11.4. The third kappa shape index (κ3) is 2.64. The van der Waals surface area contributed by atoms with Gasteiger partial charge in [-0.1, -0.05) is 24.2 Å². The summed E-state index contributed by atoms with van der Waals surface area (Å²) < 4.78 is 11.4. The van der Waals surface area contributed by atoms with Crippen LogP contribution in [0.2, 0.25) is 0 Å². The van der Waals surface area contributed by atoms with Gasteiger partial charge in [0.05, 0.1) is 19.3 Å². The summed E-state index contributed by atoms with van der Waals surface area (Å²) in [5.74, 6) is 0.345. The Labute approximate surface area is 110 Å². The van der Waals surface area contributed by atoms with Crippen molar-refractivity contribution in [3.8, 4) is 0 Å². The van der Waals surface area contributed by atoms with Crippen molar-refractivity contribution in [3.05, 3.63) is 28.9 Å². The second kappa shape index (κ2) is 5.21. The zero-order valence-electron chi connectivity index (χ0n) is 11.4. The van der Waals surface area contributed by atoms with Crippen LogP contribution in [0.15, 0.2) is 10.6 Å². The molecule has 2 aromatic heterocycles. The molecule has 2 aromatic rings. The van der Waals surface area contributed by atoms with Gasteiger partial charge in [0.2, 0.25) is 0 Å². The molecule has 0 amide bonds. The van der Waals surface area contributed by atoms with Gasteiger partial charge in [-0.05, 0) is 12.8 Å². The lowest BCUT2D eigenvalue weighted by Crippen LogP contribution is -2.12. The van der Waals surface area contributed by atoms with Crippen LogP contribution >= 0.6 is 0 Å². The molecule has 19 heavy (non-hydrogen) atoms. The molecular formula is C12H16N4O3. The quantitative estimate of drug-likeness (QED) is 0.779. The molecule has 0 atom stereocenters. The van der Waals surface area contributed by atoms with Crippen LogP contribution in [0.5, 0.6) is 0 Å². The first-order chi connectivity index (χ1) is 9.02. The van der Waals surface area contributed by atoms with Crippen LogP contribution in [-0.2, 0) is 11.3 Å². The molecule has 0 N–H and O–H groups in total. The fourth-order valence-corrected chi connectivity index (χ4v) is 1.90. The molecule has 0 saturated heterocycles. The van der Waals surface area contributed by atoms with Gasteiger partial charge in [0.1, 0.15) is 11.5 Å². The number of nitrogens with zero attached hydrogens (tertiary/aromatic N) is 4. The van der Waals surface area contributed by atoms with Gasteiger partial charge in [-0.2, -0.15) is 0 Å². The fraction of sp³-hybridized carbons (Fsp3) is 0.500. The van der Waals surface area contributed by atoms with Crippen molar-refractivity contribution in [1.82, 2.24) is 20.2 Å². The molecule has 2 heterocycles. The van der Waals surface area contributed by atoms with Crippen LogP contribution in [0, 0.1) is 6.92 Å². The van der Waals surface area contributed by atoms with Crippen molar-refractivity contribution in [1.29, 1.82) is 0 Å². The highest BCUT2D eigenvalue weighted by Gasteiger charge is 2.23. The monoisotopic (exact) mass is 264 g/mol. The Bertz CT molecular complexity index is 586. The molecule has 102 valence electrons. The summed E-state index contributed by atoms with van der Waals surface area (Å²) >= 11 is 0. The van der Waals surface area contributed by atoms with Crippen LogP contribution < -0.4 is 0 Å². The Morgan fingerprint density at radius 2 is 2.26 bits per heavy atom. The summed E-state index contributed by atoms with van der Waals surface area (Å²) in [5, 5.41) is 11.8. The number of aryl methyl sites for hydroxylation is 1. The summed E-state index contributed by atoms with van der Waals surface area (Å²) in [7, 11) is 1.33. The Kier molecular flexibility index (Phi) is 3.64. The van der Waals surface area contributed by atoms with Crippen molar-refractivity contribution in [3.63, 3.8) is 0 Å². The van der Waals surface area contributed by atoms with E-state index in [-0.39, 0.29) is 11.6 Å². The molecule has 0 aromatic carbocycles. The zero-order chi connectivity index (χ0) is 14.0. The fourth-order valence-electron chi connectivity index (χ4n) is 1.90. The average Bonchev–Trinajstić information content (AvgIpc) is 2.95. The largest absolute Gasteiger partial charge is 0.464 e. The number of methoxy groups -OCH3 is 1. The lowest BCUT2D eigenvalue weighted by Gasteiger charge is -2.08. The molecule has 0 saturated carbocycles. The third-order valence-corrected chi connectivity index (χ3v) is 2.69. The lowest BCUT2D eigenvalue weighted by molar-refractivity contribution is 0.0592. The van der Waals surface area contributed by atoms with E-state index in [0.717, 1.165) is 17.1 Å². The molecule has 7 heteroatoms. The molecule has 0 bridgehead atoms. The summed E-state index contributed by atoms with van der Waals surface area (Å²) in [6, 6.07) is 1.82. The molecule has 7 nitrogen and oxygen atoms in total. The molecule has 0 unspecified atom stereocenters. The summed E-state index contributed by atoms with van der Waals surface area (Å²) in [6.07, 6.45) is 0. The summed E-state index contributed by atoms with van der Waals surface area (Å²) in [4.78, 5) is 11.6. The van der Waals surface area contributed by atoms with Crippen LogP contribution in [0.1, 0.15) is 47.4 Å². The van der Waals surface area contributed by atoms with Gasteiger partial charge in [0.15, 0.2) is 5.69 Å². The van der Waals surface area contributed by atoms with E-state index in [0.29, 0.717) is 6.54 Å². The lowest BCUT2D eigenvalue weighted by atomic mass is 10.1. The van der Waals surface area contributed by atoms with Crippen LogP contribution in [0.3, 0.4) is 0 Å². The molecule has 0 spiro atoms. The average molecular weight is 264 g/mol. The van der Waals surface area contributed by atoms with Gasteiger partial charge in [0, 0.05) is 6.07 Å². The molecule has 2 rings (SSSR count). The predicted octanol–water partition coefficient (Wildman–Crippen LogP) is 1.53. The summed E-state index contributed by atoms with van der Waals surface area (Å²) in [6.45, 7) is 6.17. The molecule has 0 radical (unpaired) electrons. The smallest absolute Gasteiger partial charge is 0.360 e. The van der Waals surface area contributed by atoms with Crippen molar-refractivity contribution < 1.29 is 14.1 Å². The first-order valence-electron chi connectivity index (χ1n) is 5.96. The van der Waals surface area contributed by atoms with Gasteiger partial charge in [-0.3, -0.25) is 0 Å². The number of hydrogen-bond acceptors (Lipinski definition) is 6. The first kappa shape index (κ1) is 13.3. The van der Waals surface area contributed by atoms with E-state index in [1.807, 2.05) is 26.8 Å². The minimum Gasteiger partial charge on any atom is -0.464 e. The Balaban J connectivity index is 2.35. The van der Waals surface area contributed by atoms with Crippen molar-refractivity contribution in [2.75, 3.05) is 7.11 Å². The number of hydrogen-bond donors (Lipinski definition) is 0. The van der Waals surface area contributed by atoms with Crippen LogP contribution in [0.25, 0.3) is 0 Å². The van der Waals surface area contributed by atoms with Gasteiger partial charge < -0.3 is 9.26 Å². The molecule has 0 aliphatic rings. The molecular weight excluding hydrogens is 248 g/mol. The highest BCUT2D eigenvalue weighted by molar-refractivity contribution is 5.88. The number of esters is 1. The second-order valence-corrected chi connectivity index (χ2v) is 4.56. The first-order valence-corrected chi connectivity index (χ1v) is 5.96. The maximum Gasteiger partial charge on any atom is 0.360 e. The maximum atomic E-state index is 11.6. The molecule has 0 aliphatic carbocycles. The van der Waals surface area contributed by atoms with E-state index in [1.54, 1.807) is 4.68 Å². The maximum absolute atomic E-state index is 11.6. The van der Waals surface area contributed by atoms with Gasteiger partial charge in [-0.25, -0.2) is 9.48 Å². The van der Waals surface area contributed by atoms with E-state index in [9.17, 15) is 4.79 Å². The van der Waals surface area contributed by atoms with Crippen LogP contribution in [-0.4, -0.2) is 33.2 Å². The van der Waals surface area contributed by atoms with Crippen LogP contribution in [0.4, 0.5) is 0 Å². The van der Waals surface area contributed by atoms with E-state index in [4.69, 9.17) is 9.26 Å². The minimum atomic E-state index is -0.480. The predicted molar refractivity (Wildman–Crippen MR) is 65.8 cm³/mol. The highest BCUT2D eigenvalue weighted by Crippen LogP contribution is 2.19.